The molecule has 1 aliphatic rings. The maximum Gasteiger partial charge on any atom is 0.167 e. The summed E-state index contributed by atoms with van der Waals surface area (Å²) in [6.45, 7) is 3.21. The first kappa shape index (κ1) is 10.6. The lowest BCUT2D eigenvalue weighted by Gasteiger charge is -2.03. The Labute approximate surface area is 85.8 Å². The van der Waals surface area contributed by atoms with E-state index in [1.165, 1.54) is 30.4 Å². The number of allylic oxidation sites excluding steroid dienone is 1. The van der Waals surface area contributed by atoms with Crippen molar-refractivity contribution >= 4 is 35.1 Å². The largest absolute Gasteiger partial charge is 0.294 e. The van der Waals surface area contributed by atoms with Crippen molar-refractivity contribution in [2.24, 2.45) is 0 Å². The van der Waals surface area contributed by atoms with E-state index >= 15 is 0 Å². The second kappa shape index (κ2) is 4.67. The summed E-state index contributed by atoms with van der Waals surface area (Å²) in [4.78, 5) is 22.6. The fourth-order valence-corrected chi connectivity index (χ4v) is 2.95. The summed E-state index contributed by atoms with van der Waals surface area (Å²) in [6.07, 6.45) is 0.388. The molecule has 0 N–H and O–H groups in total. The van der Waals surface area contributed by atoms with Crippen LogP contribution >= 0.6 is 23.5 Å². The molecule has 2 nitrogen and oxygen atoms in total. The lowest BCUT2D eigenvalue weighted by Crippen LogP contribution is -2.09. The number of hydrogen-bond acceptors (Lipinski definition) is 4. The average Bonchev–Trinajstić information content (AvgIpc) is 2.56. The topological polar surface area (TPSA) is 34.1 Å². The Kier molecular flexibility index (Phi) is 3.81. The van der Waals surface area contributed by atoms with Crippen LogP contribution in [0.2, 0.25) is 0 Å². The van der Waals surface area contributed by atoms with Gasteiger partial charge in [-0.1, -0.05) is 30.4 Å². The minimum absolute atomic E-state index is 0.0637. The third-order valence-corrected chi connectivity index (χ3v) is 3.69. The quantitative estimate of drug-likeness (QED) is 0.411. The molecule has 0 aromatic rings. The van der Waals surface area contributed by atoms with Crippen molar-refractivity contribution in [3.8, 4) is 0 Å². The van der Waals surface area contributed by atoms with Crippen molar-refractivity contribution in [3.63, 3.8) is 0 Å². The van der Waals surface area contributed by atoms with Crippen molar-refractivity contribution in [3.05, 3.63) is 20.6 Å². The number of hydrogen-bond donors (Lipinski definition) is 0. The Balaban J connectivity index is 2.97. The van der Waals surface area contributed by atoms with Crippen molar-refractivity contribution in [1.82, 2.24) is 0 Å². The highest BCUT2D eigenvalue weighted by atomic mass is 32.2. The smallest absolute Gasteiger partial charge is 0.167 e. The van der Waals surface area contributed by atoms with E-state index in [0.29, 0.717) is 12.0 Å². The number of Topliss-reactive ketones (excluding diaryl/α,β-unsaturated/α-hetero) is 2. The van der Waals surface area contributed by atoms with E-state index in [0.717, 1.165) is 4.24 Å². The number of carbonyl (C=O) groups excluding carboxylic acids is 2. The zero-order chi connectivity index (χ0) is 9.84. The minimum Gasteiger partial charge on any atom is -0.294 e. The van der Waals surface area contributed by atoms with E-state index < -0.39 is 0 Å². The molecule has 13 heavy (non-hydrogen) atoms. The van der Waals surface area contributed by atoms with Gasteiger partial charge in [-0.2, -0.15) is 0 Å². The molecule has 0 aromatic heterocycles. The normalized spacial score (nSPS) is 14.8. The van der Waals surface area contributed by atoms with Crippen LogP contribution in [-0.2, 0) is 9.59 Å². The van der Waals surface area contributed by atoms with Crippen LogP contribution in [0.4, 0.5) is 0 Å². The van der Waals surface area contributed by atoms with Gasteiger partial charge in [0.15, 0.2) is 11.6 Å². The molecule has 0 aliphatic carbocycles. The molecule has 0 fully saturated rings. The summed E-state index contributed by atoms with van der Waals surface area (Å²) in [5.41, 5.74) is 0.363. The molecular formula is C9H10O2S2. The van der Waals surface area contributed by atoms with E-state index in [9.17, 15) is 9.59 Å². The van der Waals surface area contributed by atoms with Gasteiger partial charge in [-0.3, -0.25) is 9.59 Å². The molecule has 0 spiro atoms. The van der Waals surface area contributed by atoms with Gasteiger partial charge in [0.2, 0.25) is 0 Å². The van der Waals surface area contributed by atoms with Crippen LogP contribution in [0, 0.1) is 0 Å². The summed E-state index contributed by atoms with van der Waals surface area (Å²) in [6, 6.07) is 0. The first-order valence-electron chi connectivity index (χ1n) is 3.93. The minimum atomic E-state index is -0.134. The Morgan fingerprint density at radius 2 is 1.85 bits per heavy atom. The lowest BCUT2D eigenvalue weighted by molar-refractivity contribution is -0.120. The molecule has 0 atom stereocenters. The van der Waals surface area contributed by atoms with Crippen LogP contribution in [0.15, 0.2) is 20.6 Å². The molecule has 0 radical (unpaired) electrons. The summed E-state index contributed by atoms with van der Waals surface area (Å²) in [5.74, 6) is -0.197. The monoisotopic (exact) mass is 214 g/mol. The lowest BCUT2D eigenvalue weighted by atomic mass is 10.1. The van der Waals surface area contributed by atoms with Crippen LogP contribution in [-0.4, -0.2) is 11.6 Å². The van der Waals surface area contributed by atoms with Gasteiger partial charge < -0.3 is 0 Å². The fourth-order valence-electron chi connectivity index (χ4n) is 0.955. The molecule has 0 unspecified atom stereocenters. The Morgan fingerprint density at radius 3 is 2.23 bits per heavy atom. The molecule has 0 saturated carbocycles. The third kappa shape index (κ3) is 2.48. The summed E-state index contributed by atoms with van der Waals surface area (Å²) < 4.78 is 0.819. The maximum absolute atomic E-state index is 11.4. The number of rotatable bonds is 3. The molecule has 4 heteroatoms. The van der Waals surface area contributed by atoms with Crippen molar-refractivity contribution in [2.45, 2.75) is 20.3 Å². The maximum atomic E-state index is 11.4. The second-order valence-corrected chi connectivity index (χ2v) is 4.59. The Hall–Kier alpha value is -0.480. The molecule has 0 saturated heterocycles. The van der Waals surface area contributed by atoms with E-state index in [4.69, 9.17) is 0 Å². The van der Waals surface area contributed by atoms with Gasteiger partial charge >= 0.3 is 0 Å². The molecule has 1 aliphatic heterocycles. The van der Waals surface area contributed by atoms with E-state index in [1.807, 2.05) is 10.8 Å². The van der Waals surface area contributed by atoms with Gasteiger partial charge in [-0.05, 0) is 17.7 Å². The van der Waals surface area contributed by atoms with Gasteiger partial charge in [-0.25, -0.2) is 0 Å². The van der Waals surface area contributed by atoms with Gasteiger partial charge in [0.25, 0.3) is 0 Å². The second-order valence-electron chi connectivity index (χ2n) is 2.50. The number of carbonyl (C=O) groups is 2. The predicted molar refractivity (Wildman–Crippen MR) is 57.3 cm³/mol. The molecule has 1 rings (SSSR count). The highest BCUT2D eigenvalue weighted by molar-refractivity contribution is 8.27. The zero-order valence-electron chi connectivity index (χ0n) is 7.49. The van der Waals surface area contributed by atoms with Gasteiger partial charge in [0.05, 0.1) is 9.81 Å². The van der Waals surface area contributed by atoms with Crippen molar-refractivity contribution < 1.29 is 9.59 Å². The van der Waals surface area contributed by atoms with Gasteiger partial charge in [-0.15, -0.1) is 0 Å². The van der Waals surface area contributed by atoms with Crippen LogP contribution in [0.3, 0.4) is 0 Å². The van der Waals surface area contributed by atoms with Crippen molar-refractivity contribution in [1.29, 1.82) is 0 Å². The number of thioether (sulfide) groups is 2. The molecule has 0 aromatic carbocycles. The fraction of sp³-hybridized carbons (Fsp3) is 0.333. The van der Waals surface area contributed by atoms with Crippen LogP contribution < -0.4 is 0 Å². The SMILES string of the molecule is CCC(=O)C(C(C)=O)=C1SC=CS1. The molecule has 0 amide bonds. The Bertz CT molecular complexity index is 293. The first-order chi connectivity index (χ1) is 6.16. The highest BCUT2D eigenvalue weighted by Crippen LogP contribution is 2.40. The molecular weight excluding hydrogens is 204 g/mol. The number of ketones is 2. The van der Waals surface area contributed by atoms with Crippen molar-refractivity contribution in [2.75, 3.05) is 0 Å². The first-order valence-corrected chi connectivity index (χ1v) is 5.69. The molecule has 0 bridgehead atoms. The highest BCUT2D eigenvalue weighted by Gasteiger charge is 2.19. The zero-order valence-corrected chi connectivity index (χ0v) is 9.13. The standard InChI is InChI=1S/C9H10O2S2/c1-3-7(11)8(6(2)10)9-12-4-5-13-9/h4-5H,3H2,1-2H3. The van der Waals surface area contributed by atoms with Gasteiger partial charge in [0.1, 0.15) is 0 Å². The van der Waals surface area contributed by atoms with E-state index in [2.05, 4.69) is 0 Å². The average molecular weight is 214 g/mol. The van der Waals surface area contributed by atoms with Crippen LogP contribution in [0.5, 0.6) is 0 Å². The van der Waals surface area contributed by atoms with Crippen LogP contribution in [0.1, 0.15) is 20.3 Å². The molecule has 1 heterocycles. The third-order valence-electron chi connectivity index (χ3n) is 1.56. The van der Waals surface area contributed by atoms with E-state index in [1.54, 1.807) is 6.92 Å². The van der Waals surface area contributed by atoms with Crippen LogP contribution in [0.25, 0.3) is 0 Å². The molecule has 70 valence electrons. The van der Waals surface area contributed by atoms with E-state index in [-0.39, 0.29) is 11.6 Å². The van der Waals surface area contributed by atoms with Gasteiger partial charge in [0, 0.05) is 6.42 Å². The summed E-state index contributed by atoms with van der Waals surface area (Å²) >= 11 is 2.89. The summed E-state index contributed by atoms with van der Waals surface area (Å²) in [7, 11) is 0. The Morgan fingerprint density at radius 1 is 1.31 bits per heavy atom. The predicted octanol–water partition coefficient (Wildman–Crippen LogP) is 2.72. The summed E-state index contributed by atoms with van der Waals surface area (Å²) in [5, 5.41) is 3.76.